The Bertz CT molecular complexity index is 463. The molecule has 0 atom stereocenters. The highest BCUT2D eigenvalue weighted by Gasteiger charge is 2.32. The molecule has 19 heavy (non-hydrogen) atoms. The Kier molecular flexibility index (Phi) is 3.99. The molecule has 1 aromatic heterocycles. The molecular weight excluding hydrogens is 260 g/mol. The number of hydrogen-bond acceptors (Lipinski definition) is 5. The van der Waals surface area contributed by atoms with E-state index in [0.717, 1.165) is 25.9 Å². The summed E-state index contributed by atoms with van der Waals surface area (Å²) in [6.45, 7) is 6.15. The number of hydrogen-bond donors (Lipinski definition) is 2. The molecule has 106 valence electrons. The molecule has 6 heteroatoms. The molecule has 0 saturated carbocycles. The number of nitrogens with zero attached hydrogens (tertiary/aromatic N) is 2. The van der Waals surface area contributed by atoms with Crippen LogP contribution in [0.1, 0.15) is 42.8 Å². The maximum absolute atomic E-state index is 12.4. The van der Waals surface area contributed by atoms with Crippen LogP contribution in [0.15, 0.2) is 0 Å². The first-order valence-corrected chi connectivity index (χ1v) is 7.54. The second kappa shape index (κ2) is 5.36. The largest absolute Gasteiger partial charge is 0.382 e. The molecule has 1 aliphatic heterocycles. The van der Waals surface area contributed by atoms with Crippen molar-refractivity contribution in [2.45, 2.75) is 33.1 Å². The van der Waals surface area contributed by atoms with Crippen molar-refractivity contribution in [1.82, 2.24) is 9.88 Å². The summed E-state index contributed by atoms with van der Waals surface area (Å²) >= 11 is 1.33. The molecule has 0 radical (unpaired) electrons. The third kappa shape index (κ3) is 2.83. The molecular formula is C13H22N4OS. The van der Waals surface area contributed by atoms with Crippen molar-refractivity contribution in [3.8, 4) is 0 Å². The van der Waals surface area contributed by atoms with Gasteiger partial charge in [0.25, 0.3) is 5.91 Å². The molecule has 0 aromatic carbocycles. The molecule has 1 aromatic rings. The van der Waals surface area contributed by atoms with E-state index in [2.05, 4.69) is 24.1 Å². The van der Waals surface area contributed by atoms with Crippen LogP contribution in [-0.4, -0.2) is 35.9 Å². The fourth-order valence-electron chi connectivity index (χ4n) is 2.34. The Morgan fingerprint density at radius 2 is 2.16 bits per heavy atom. The minimum Gasteiger partial charge on any atom is -0.382 e. The lowest BCUT2D eigenvalue weighted by Crippen LogP contribution is -2.41. The number of carbonyl (C=O) groups is 1. The number of anilines is 2. The fraction of sp³-hybridized carbons (Fsp3) is 0.692. The molecule has 1 aliphatic rings. The van der Waals surface area contributed by atoms with Crippen molar-refractivity contribution in [2.24, 2.45) is 5.41 Å². The number of amides is 1. The van der Waals surface area contributed by atoms with Gasteiger partial charge in [-0.15, -0.1) is 0 Å². The van der Waals surface area contributed by atoms with Crippen LogP contribution >= 0.6 is 11.3 Å². The van der Waals surface area contributed by atoms with Gasteiger partial charge in [-0.3, -0.25) is 4.79 Å². The van der Waals surface area contributed by atoms with Gasteiger partial charge in [0, 0.05) is 20.1 Å². The van der Waals surface area contributed by atoms with Crippen molar-refractivity contribution in [1.29, 1.82) is 0 Å². The summed E-state index contributed by atoms with van der Waals surface area (Å²) in [5, 5.41) is 3.62. The third-order valence-electron chi connectivity index (χ3n) is 4.17. The Morgan fingerprint density at radius 3 is 2.63 bits per heavy atom. The molecule has 1 saturated heterocycles. The average Bonchev–Trinajstić information content (AvgIpc) is 2.80. The summed E-state index contributed by atoms with van der Waals surface area (Å²) in [6, 6.07) is 0. The van der Waals surface area contributed by atoms with Crippen LogP contribution in [0.4, 0.5) is 10.9 Å². The highest BCUT2D eigenvalue weighted by molar-refractivity contribution is 7.18. The van der Waals surface area contributed by atoms with Crippen LogP contribution in [0, 0.1) is 5.41 Å². The van der Waals surface area contributed by atoms with E-state index in [4.69, 9.17) is 5.73 Å². The van der Waals surface area contributed by atoms with E-state index in [0.29, 0.717) is 21.2 Å². The first-order valence-electron chi connectivity index (χ1n) is 6.72. The molecule has 0 spiro atoms. The Labute approximate surface area is 118 Å². The maximum Gasteiger partial charge on any atom is 0.267 e. The lowest BCUT2D eigenvalue weighted by molar-refractivity contribution is 0.0606. The highest BCUT2D eigenvalue weighted by Crippen LogP contribution is 2.35. The third-order valence-corrected chi connectivity index (χ3v) is 5.25. The monoisotopic (exact) mass is 282 g/mol. The number of carbonyl (C=O) groups excluding carboxylic acids is 1. The van der Waals surface area contributed by atoms with E-state index in [1.807, 2.05) is 4.90 Å². The van der Waals surface area contributed by atoms with Gasteiger partial charge in [-0.05, 0) is 18.3 Å². The standard InChI is InChI=1S/C13H22N4OS/c1-4-13(2)5-7-17(8-6-13)11(18)9-10(14)16-12(15-3)19-9/h4-8,14H2,1-3H3,(H,15,16). The van der Waals surface area contributed by atoms with Crippen molar-refractivity contribution in [3.63, 3.8) is 0 Å². The first kappa shape index (κ1) is 14.1. The number of aromatic nitrogens is 1. The van der Waals surface area contributed by atoms with Crippen molar-refractivity contribution >= 4 is 28.2 Å². The number of piperidine rings is 1. The van der Waals surface area contributed by atoms with Gasteiger partial charge in [0.05, 0.1) is 0 Å². The molecule has 2 rings (SSSR count). The maximum atomic E-state index is 12.4. The predicted molar refractivity (Wildman–Crippen MR) is 79.6 cm³/mol. The zero-order valence-electron chi connectivity index (χ0n) is 11.8. The van der Waals surface area contributed by atoms with E-state index in [-0.39, 0.29) is 5.91 Å². The molecule has 5 nitrogen and oxygen atoms in total. The van der Waals surface area contributed by atoms with Crippen LogP contribution in [0.5, 0.6) is 0 Å². The van der Waals surface area contributed by atoms with Crippen LogP contribution < -0.4 is 11.1 Å². The van der Waals surface area contributed by atoms with E-state index in [9.17, 15) is 4.79 Å². The molecule has 2 heterocycles. The van der Waals surface area contributed by atoms with E-state index in [1.54, 1.807) is 7.05 Å². The highest BCUT2D eigenvalue weighted by atomic mass is 32.1. The van der Waals surface area contributed by atoms with Gasteiger partial charge in [0.1, 0.15) is 10.7 Å². The van der Waals surface area contributed by atoms with E-state index < -0.39 is 0 Å². The van der Waals surface area contributed by atoms with Crippen LogP contribution in [-0.2, 0) is 0 Å². The average molecular weight is 282 g/mol. The van der Waals surface area contributed by atoms with Gasteiger partial charge in [-0.25, -0.2) is 4.98 Å². The van der Waals surface area contributed by atoms with Crippen LogP contribution in [0.3, 0.4) is 0 Å². The smallest absolute Gasteiger partial charge is 0.267 e. The van der Waals surface area contributed by atoms with Crippen molar-refractivity contribution in [2.75, 3.05) is 31.2 Å². The van der Waals surface area contributed by atoms with Gasteiger partial charge in [0.15, 0.2) is 5.13 Å². The number of nitrogens with two attached hydrogens (primary N) is 1. The van der Waals surface area contributed by atoms with Crippen LogP contribution in [0.25, 0.3) is 0 Å². The number of likely N-dealkylation sites (tertiary alicyclic amines) is 1. The fourth-order valence-corrected chi connectivity index (χ4v) is 3.14. The minimum atomic E-state index is 0.0228. The van der Waals surface area contributed by atoms with Crippen LogP contribution in [0.2, 0.25) is 0 Å². The summed E-state index contributed by atoms with van der Waals surface area (Å²) < 4.78 is 0. The summed E-state index contributed by atoms with van der Waals surface area (Å²) in [5.41, 5.74) is 6.20. The van der Waals surface area contributed by atoms with Crippen molar-refractivity contribution < 1.29 is 4.79 Å². The molecule has 1 fully saturated rings. The Hall–Kier alpha value is -1.30. The van der Waals surface area contributed by atoms with Gasteiger partial charge in [-0.1, -0.05) is 31.6 Å². The predicted octanol–water partition coefficient (Wildman–Crippen LogP) is 2.42. The lowest BCUT2D eigenvalue weighted by atomic mass is 9.78. The Morgan fingerprint density at radius 1 is 1.53 bits per heavy atom. The summed E-state index contributed by atoms with van der Waals surface area (Å²) in [4.78, 5) is 19.0. The van der Waals surface area contributed by atoms with Gasteiger partial charge < -0.3 is 16.0 Å². The Balaban J connectivity index is 2.07. The summed E-state index contributed by atoms with van der Waals surface area (Å²) in [6.07, 6.45) is 3.29. The van der Waals surface area contributed by atoms with E-state index >= 15 is 0 Å². The van der Waals surface area contributed by atoms with Crippen molar-refractivity contribution in [3.05, 3.63) is 4.88 Å². The van der Waals surface area contributed by atoms with Gasteiger partial charge in [0.2, 0.25) is 0 Å². The first-order chi connectivity index (χ1) is 8.99. The normalized spacial score (nSPS) is 18.4. The number of rotatable bonds is 3. The van der Waals surface area contributed by atoms with Gasteiger partial charge in [-0.2, -0.15) is 0 Å². The SMILES string of the molecule is CCC1(C)CCN(C(=O)c2sc(NC)nc2N)CC1. The number of thiazole rings is 1. The zero-order valence-corrected chi connectivity index (χ0v) is 12.6. The van der Waals surface area contributed by atoms with E-state index in [1.165, 1.54) is 17.8 Å². The second-order valence-electron chi connectivity index (χ2n) is 5.44. The second-order valence-corrected chi connectivity index (χ2v) is 6.44. The topological polar surface area (TPSA) is 71.2 Å². The summed E-state index contributed by atoms with van der Waals surface area (Å²) in [5.74, 6) is 0.359. The van der Waals surface area contributed by atoms with Gasteiger partial charge >= 0.3 is 0 Å². The molecule has 0 bridgehead atoms. The quantitative estimate of drug-likeness (QED) is 0.893. The molecule has 3 N–H and O–H groups in total. The summed E-state index contributed by atoms with van der Waals surface area (Å²) in [7, 11) is 1.78. The molecule has 0 aliphatic carbocycles. The number of nitrogens with one attached hydrogen (secondary N) is 1. The lowest BCUT2D eigenvalue weighted by Gasteiger charge is -2.38. The minimum absolute atomic E-state index is 0.0228. The molecule has 0 unspecified atom stereocenters. The zero-order chi connectivity index (χ0) is 14.0. The molecule has 1 amide bonds. The number of nitrogen functional groups attached to an aromatic ring is 1.